The average molecular weight is 436 g/mol. The van der Waals surface area contributed by atoms with Gasteiger partial charge in [0.25, 0.3) is 5.91 Å². The van der Waals surface area contributed by atoms with Crippen molar-refractivity contribution in [3.05, 3.63) is 51.8 Å². The second-order valence-electron chi connectivity index (χ2n) is 5.21. The van der Waals surface area contributed by atoms with Gasteiger partial charge >= 0.3 is 12.3 Å². The van der Waals surface area contributed by atoms with Crippen LogP contribution in [0.3, 0.4) is 0 Å². The third-order valence-electron chi connectivity index (χ3n) is 3.37. The standard InChI is InChI=1S/C16H14Cl2F3N3O.CO2/c1-3-10-8-22-24(14(10)16(19,20)21)12-6-4-11(5-7-12)23-15(25)13(18)9(2)17;2-1-3/h4-8H,3H2,1-2H3,(H,23,25);/b13-9+;. The number of anilines is 1. The molecule has 150 valence electrons. The maximum atomic E-state index is 13.3. The van der Waals surface area contributed by atoms with E-state index in [2.05, 4.69) is 10.4 Å². The number of hydrogen-bond acceptors (Lipinski definition) is 4. The third-order valence-corrected chi connectivity index (χ3v) is 4.11. The second kappa shape index (κ2) is 10.1. The van der Waals surface area contributed by atoms with Crippen LogP contribution in [-0.4, -0.2) is 21.8 Å². The lowest BCUT2D eigenvalue weighted by Gasteiger charge is -2.13. The Balaban J connectivity index is 0.00000122. The lowest BCUT2D eigenvalue weighted by atomic mass is 10.2. The fraction of sp³-hybridized carbons (Fsp3) is 0.235. The number of carbonyl (C=O) groups is 1. The minimum absolute atomic E-state index is 0.111. The number of aromatic nitrogens is 2. The lowest BCUT2D eigenvalue weighted by Crippen LogP contribution is -2.15. The molecule has 0 atom stereocenters. The van der Waals surface area contributed by atoms with Crippen LogP contribution < -0.4 is 5.32 Å². The molecular formula is C17H14Cl2F3N3O3. The van der Waals surface area contributed by atoms with Gasteiger partial charge in [-0.2, -0.15) is 27.9 Å². The monoisotopic (exact) mass is 435 g/mol. The van der Waals surface area contributed by atoms with Crippen molar-refractivity contribution in [3.8, 4) is 5.69 Å². The number of hydrogen-bond donors (Lipinski definition) is 1. The molecule has 0 radical (unpaired) electrons. The summed E-state index contributed by atoms with van der Waals surface area (Å²) in [5.74, 6) is -0.606. The first-order valence-corrected chi connectivity index (χ1v) is 8.39. The summed E-state index contributed by atoms with van der Waals surface area (Å²) in [6.45, 7) is 3.10. The van der Waals surface area contributed by atoms with Crippen molar-refractivity contribution in [2.24, 2.45) is 0 Å². The number of benzene rings is 1. The molecular weight excluding hydrogens is 422 g/mol. The summed E-state index contributed by atoms with van der Waals surface area (Å²) < 4.78 is 40.7. The van der Waals surface area contributed by atoms with Gasteiger partial charge in [-0.3, -0.25) is 4.79 Å². The Labute approximate surface area is 167 Å². The van der Waals surface area contributed by atoms with Crippen molar-refractivity contribution in [1.82, 2.24) is 9.78 Å². The van der Waals surface area contributed by atoms with E-state index in [1.807, 2.05) is 0 Å². The molecule has 0 bridgehead atoms. The van der Waals surface area contributed by atoms with Crippen molar-refractivity contribution in [2.75, 3.05) is 5.32 Å². The maximum absolute atomic E-state index is 13.3. The molecule has 1 aromatic carbocycles. The molecule has 2 rings (SSSR count). The molecule has 1 N–H and O–H groups in total. The van der Waals surface area contributed by atoms with Gasteiger partial charge in [-0.05, 0) is 37.6 Å². The van der Waals surface area contributed by atoms with Gasteiger partial charge in [0.1, 0.15) is 5.03 Å². The normalized spacial score (nSPS) is 11.7. The summed E-state index contributed by atoms with van der Waals surface area (Å²) in [4.78, 5) is 28.0. The van der Waals surface area contributed by atoms with E-state index >= 15 is 0 Å². The zero-order valence-corrected chi connectivity index (χ0v) is 16.1. The van der Waals surface area contributed by atoms with Crippen molar-refractivity contribution in [2.45, 2.75) is 26.4 Å². The quantitative estimate of drug-likeness (QED) is 0.715. The van der Waals surface area contributed by atoms with Gasteiger partial charge in [0, 0.05) is 16.3 Å². The molecule has 0 saturated heterocycles. The molecule has 0 unspecified atom stereocenters. The highest BCUT2D eigenvalue weighted by Gasteiger charge is 2.38. The lowest BCUT2D eigenvalue weighted by molar-refractivity contribution is -0.191. The van der Waals surface area contributed by atoms with Crippen molar-refractivity contribution < 1.29 is 27.6 Å². The summed E-state index contributed by atoms with van der Waals surface area (Å²) in [6, 6.07) is 5.74. The number of halogens is 5. The Hall–Kier alpha value is -2.61. The molecule has 28 heavy (non-hydrogen) atoms. The molecule has 6 nitrogen and oxygen atoms in total. The van der Waals surface area contributed by atoms with E-state index < -0.39 is 17.8 Å². The average Bonchev–Trinajstić information content (AvgIpc) is 3.06. The van der Waals surface area contributed by atoms with Crippen LogP contribution in [-0.2, 0) is 27.0 Å². The van der Waals surface area contributed by atoms with Gasteiger partial charge < -0.3 is 5.32 Å². The highest BCUT2D eigenvalue weighted by atomic mass is 35.5. The van der Waals surface area contributed by atoms with Crippen molar-refractivity contribution in [3.63, 3.8) is 0 Å². The van der Waals surface area contributed by atoms with Crippen molar-refractivity contribution >= 4 is 40.9 Å². The number of allylic oxidation sites excluding steroid dienone is 1. The van der Waals surface area contributed by atoms with E-state index in [4.69, 9.17) is 32.8 Å². The van der Waals surface area contributed by atoms with Crippen LogP contribution in [0, 0.1) is 0 Å². The minimum atomic E-state index is -4.52. The number of rotatable bonds is 4. The summed E-state index contributed by atoms with van der Waals surface area (Å²) in [7, 11) is 0. The minimum Gasteiger partial charge on any atom is -0.321 e. The highest BCUT2D eigenvalue weighted by Crippen LogP contribution is 2.34. The van der Waals surface area contributed by atoms with Crippen molar-refractivity contribution in [1.29, 1.82) is 0 Å². The number of nitrogens with one attached hydrogen (secondary N) is 1. The largest absolute Gasteiger partial charge is 0.433 e. The smallest absolute Gasteiger partial charge is 0.321 e. The summed E-state index contributed by atoms with van der Waals surface area (Å²) in [6.07, 6.45) is -2.86. The van der Waals surface area contributed by atoms with Crippen LogP contribution in [0.4, 0.5) is 18.9 Å². The van der Waals surface area contributed by atoms with Crippen LogP contribution in [0.5, 0.6) is 0 Å². The number of carbonyl (C=O) groups excluding carboxylic acids is 3. The Morgan fingerprint density at radius 1 is 1.21 bits per heavy atom. The number of aryl methyl sites for hydroxylation is 1. The fourth-order valence-electron chi connectivity index (χ4n) is 2.17. The number of alkyl halides is 3. The Morgan fingerprint density at radius 2 is 1.75 bits per heavy atom. The van der Waals surface area contributed by atoms with Crippen LogP contribution >= 0.6 is 23.2 Å². The molecule has 11 heteroatoms. The Kier molecular flexibility index (Phi) is 8.43. The van der Waals surface area contributed by atoms with E-state index in [-0.39, 0.29) is 33.9 Å². The van der Waals surface area contributed by atoms with Gasteiger partial charge in [-0.1, -0.05) is 30.1 Å². The van der Waals surface area contributed by atoms with E-state index in [1.165, 1.54) is 37.4 Å². The molecule has 2 aromatic rings. The topological polar surface area (TPSA) is 81.1 Å². The zero-order valence-electron chi connectivity index (χ0n) is 14.6. The van der Waals surface area contributed by atoms with Gasteiger partial charge in [-0.15, -0.1) is 0 Å². The molecule has 1 amide bonds. The summed E-state index contributed by atoms with van der Waals surface area (Å²) >= 11 is 11.4. The number of nitrogens with zero attached hydrogens (tertiary/aromatic N) is 2. The second-order valence-corrected chi connectivity index (χ2v) is 6.16. The molecule has 0 spiro atoms. The Bertz CT molecular complexity index is 897. The predicted molar refractivity (Wildman–Crippen MR) is 96.0 cm³/mol. The first-order chi connectivity index (χ1) is 13.1. The molecule has 0 aliphatic rings. The van der Waals surface area contributed by atoms with Gasteiger partial charge in [-0.25, -0.2) is 4.68 Å². The summed E-state index contributed by atoms with van der Waals surface area (Å²) in [5, 5.41) is 6.30. The molecule has 0 fully saturated rings. The van der Waals surface area contributed by atoms with Crippen LogP contribution in [0.15, 0.2) is 40.5 Å². The SMILES string of the molecule is CCc1cnn(-c2ccc(NC(=O)/C(Cl)=C(/C)Cl)cc2)c1C(F)(F)F.O=C=O. The van der Waals surface area contributed by atoms with Gasteiger partial charge in [0.2, 0.25) is 0 Å². The van der Waals surface area contributed by atoms with Crippen LogP contribution in [0.25, 0.3) is 5.69 Å². The third kappa shape index (κ3) is 5.95. The van der Waals surface area contributed by atoms with Crippen LogP contribution in [0.1, 0.15) is 25.1 Å². The first-order valence-electron chi connectivity index (χ1n) is 7.63. The highest BCUT2D eigenvalue weighted by molar-refractivity contribution is 6.49. The summed E-state index contributed by atoms with van der Waals surface area (Å²) in [5.41, 5.74) is -0.114. The van der Waals surface area contributed by atoms with E-state index in [9.17, 15) is 18.0 Å². The van der Waals surface area contributed by atoms with E-state index in [0.29, 0.717) is 5.69 Å². The van der Waals surface area contributed by atoms with E-state index in [1.54, 1.807) is 6.92 Å². The van der Waals surface area contributed by atoms with E-state index in [0.717, 1.165) is 4.68 Å². The fourth-order valence-corrected chi connectivity index (χ4v) is 2.30. The zero-order chi connectivity index (χ0) is 21.5. The maximum Gasteiger partial charge on any atom is 0.433 e. The molecule has 0 saturated carbocycles. The predicted octanol–water partition coefficient (Wildman–Crippen LogP) is 4.52. The van der Waals surface area contributed by atoms with Gasteiger partial charge in [0.15, 0.2) is 5.69 Å². The van der Waals surface area contributed by atoms with Gasteiger partial charge in [0.05, 0.1) is 11.9 Å². The Morgan fingerprint density at radius 3 is 2.18 bits per heavy atom. The molecule has 0 aliphatic heterocycles. The molecule has 0 aliphatic carbocycles. The van der Waals surface area contributed by atoms with Crippen LogP contribution in [0.2, 0.25) is 0 Å². The molecule has 1 aromatic heterocycles. The first kappa shape index (κ1) is 23.4. The number of amides is 1. The molecule has 1 heterocycles.